The summed E-state index contributed by atoms with van der Waals surface area (Å²) in [6.07, 6.45) is 5.64. The van der Waals surface area contributed by atoms with E-state index in [0.29, 0.717) is 0 Å². The fourth-order valence-corrected chi connectivity index (χ4v) is 1.63. The first-order valence-corrected chi connectivity index (χ1v) is 5.47. The maximum absolute atomic E-state index is 3.64. The number of nitrogens with one attached hydrogen (secondary N) is 1. The first-order valence-electron chi connectivity index (χ1n) is 5.47. The molecule has 1 heteroatoms. The third-order valence-corrected chi connectivity index (χ3v) is 2.75. The summed E-state index contributed by atoms with van der Waals surface area (Å²) in [5, 5.41) is 3.64. The second-order valence-electron chi connectivity index (χ2n) is 4.48. The summed E-state index contributed by atoms with van der Waals surface area (Å²) in [5.74, 6) is 1.86. The van der Waals surface area contributed by atoms with Crippen LogP contribution in [-0.4, -0.2) is 12.6 Å². The highest BCUT2D eigenvalue weighted by Gasteiger charge is 2.26. The summed E-state index contributed by atoms with van der Waals surface area (Å²) >= 11 is 0. The van der Waals surface area contributed by atoms with Gasteiger partial charge in [0.15, 0.2) is 0 Å². The Kier molecular flexibility index (Phi) is 4.07. The molecule has 0 heterocycles. The van der Waals surface area contributed by atoms with Gasteiger partial charge in [0, 0.05) is 6.04 Å². The van der Waals surface area contributed by atoms with Crippen molar-refractivity contribution in [2.45, 2.75) is 52.5 Å². The summed E-state index contributed by atoms with van der Waals surface area (Å²) in [4.78, 5) is 0. The molecule has 1 aliphatic rings. The summed E-state index contributed by atoms with van der Waals surface area (Å²) in [7, 11) is 0. The monoisotopic (exact) mass is 169 g/mol. The normalized spacial score (nSPS) is 20.0. The van der Waals surface area contributed by atoms with Crippen molar-refractivity contribution in [2.75, 3.05) is 6.54 Å². The topological polar surface area (TPSA) is 12.0 Å². The van der Waals surface area contributed by atoms with E-state index >= 15 is 0 Å². The molecule has 1 aliphatic carbocycles. The van der Waals surface area contributed by atoms with Gasteiger partial charge in [0.1, 0.15) is 0 Å². The highest BCUT2D eigenvalue weighted by molar-refractivity contribution is 4.81. The fraction of sp³-hybridized carbons (Fsp3) is 1.00. The first-order chi connectivity index (χ1) is 5.74. The Bertz CT molecular complexity index is 116. The highest BCUT2D eigenvalue weighted by atomic mass is 14.9. The van der Waals surface area contributed by atoms with Crippen molar-refractivity contribution in [1.29, 1.82) is 0 Å². The standard InChI is InChI=1S/C11H23N/c1-4-7-12-11(9(2)3)8-10-5-6-10/h9-12H,4-8H2,1-3H3. The van der Waals surface area contributed by atoms with Gasteiger partial charge in [-0.2, -0.15) is 0 Å². The Labute approximate surface area is 76.9 Å². The lowest BCUT2D eigenvalue weighted by Gasteiger charge is -2.21. The third-order valence-electron chi connectivity index (χ3n) is 2.75. The summed E-state index contributed by atoms with van der Waals surface area (Å²) in [6, 6.07) is 0.775. The fourth-order valence-electron chi connectivity index (χ4n) is 1.63. The minimum Gasteiger partial charge on any atom is -0.314 e. The average molecular weight is 169 g/mol. The van der Waals surface area contributed by atoms with E-state index in [-0.39, 0.29) is 0 Å². The van der Waals surface area contributed by atoms with Gasteiger partial charge in [-0.3, -0.25) is 0 Å². The molecule has 1 atom stereocenters. The largest absolute Gasteiger partial charge is 0.314 e. The Morgan fingerprint density at radius 1 is 1.33 bits per heavy atom. The predicted molar refractivity (Wildman–Crippen MR) is 54.3 cm³/mol. The molecule has 72 valence electrons. The van der Waals surface area contributed by atoms with Crippen LogP contribution in [-0.2, 0) is 0 Å². The lowest BCUT2D eigenvalue weighted by Crippen LogP contribution is -2.34. The van der Waals surface area contributed by atoms with E-state index in [1.54, 1.807) is 0 Å². The summed E-state index contributed by atoms with van der Waals surface area (Å²) in [5.41, 5.74) is 0. The van der Waals surface area contributed by atoms with Crippen LogP contribution in [0.2, 0.25) is 0 Å². The molecule has 1 fully saturated rings. The van der Waals surface area contributed by atoms with Crippen molar-refractivity contribution >= 4 is 0 Å². The van der Waals surface area contributed by atoms with Gasteiger partial charge in [-0.15, -0.1) is 0 Å². The molecule has 0 aromatic heterocycles. The van der Waals surface area contributed by atoms with Crippen LogP contribution in [0.3, 0.4) is 0 Å². The molecule has 1 unspecified atom stereocenters. The molecule has 0 aliphatic heterocycles. The lowest BCUT2D eigenvalue weighted by molar-refractivity contribution is 0.363. The molecule has 1 N–H and O–H groups in total. The Hall–Kier alpha value is -0.0400. The van der Waals surface area contributed by atoms with Gasteiger partial charge < -0.3 is 5.32 Å². The maximum atomic E-state index is 3.64. The zero-order chi connectivity index (χ0) is 8.97. The van der Waals surface area contributed by atoms with E-state index in [9.17, 15) is 0 Å². The van der Waals surface area contributed by atoms with Crippen molar-refractivity contribution in [3.05, 3.63) is 0 Å². The molecule has 0 radical (unpaired) electrons. The zero-order valence-corrected chi connectivity index (χ0v) is 8.77. The second kappa shape index (κ2) is 4.86. The maximum Gasteiger partial charge on any atom is 0.00926 e. The molecule has 0 aromatic rings. The first kappa shape index (κ1) is 10.0. The molecule has 0 amide bonds. The van der Waals surface area contributed by atoms with Crippen molar-refractivity contribution in [2.24, 2.45) is 11.8 Å². The number of hydrogen-bond donors (Lipinski definition) is 1. The third kappa shape index (κ3) is 3.57. The molecule has 1 rings (SSSR count). The SMILES string of the molecule is CCCNC(CC1CC1)C(C)C. The number of hydrogen-bond acceptors (Lipinski definition) is 1. The van der Waals surface area contributed by atoms with Gasteiger partial charge in [0.2, 0.25) is 0 Å². The van der Waals surface area contributed by atoms with Crippen LogP contribution in [0.4, 0.5) is 0 Å². The average Bonchev–Trinajstić information content (AvgIpc) is 2.80. The molecule has 0 bridgehead atoms. The van der Waals surface area contributed by atoms with Crippen molar-refractivity contribution in [3.63, 3.8) is 0 Å². The molecule has 1 nitrogen and oxygen atoms in total. The zero-order valence-electron chi connectivity index (χ0n) is 8.77. The van der Waals surface area contributed by atoms with Crippen LogP contribution >= 0.6 is 0 Å². The quantitative estimate of drug-likeness (QED) is 0.644. The molecular formula is C11H23N. The van der Waals surface area contributed by atoms with Gasteiger partial charge in [-0.25, -0.2) is 0 Å². The minimum atomic E-state index is 0.775. The lowest BCUT2D eigenvalue weighted by atomic mass is 9.98. The second-order valence-corrected chi connectivity index (χ2v) is 4.48. The van der Waals surface area contributed by atoms with Gasteiger partial charge in [-0.05, 0) is 31.2 Å². The van der Waals surface area contributed by atoms with Crippen LogP contribution in [0.25, 0.3) is 0 Å². The van der Waals surface area contributed by atoms with E-state index in [1.165, 1.54) is 32.2 Å². The number of rotatable bonds is 6. The smallest absolute Gasteiger partial charge is 0.00926 e. The van der Waals surface area contributed by atoms with Crippen LogP contribution in [0.15, 0.2) is 0 Å². The van der Waals surface area contributed by atoms with Crippen LogP contribution < -0.4 is 5.32 Å². The van der Waals surface area contributed by atoms with Gasteiger partial charge in [0.05, 0.1) is 0 Å². The predicted octanol–water partition coefficient (Wildman–Crippen LogP) is 2.81. The van der Waals surface area contributed by atoms with Gasteiger partial charge in [-0.1, -0.05) is 33.6 Å². The van der Waals surface area contributed by atoms with Crippen molar-refractivity contribution in [1.82, 2.24) is 5.32 Å². The van der Waals surface area contributed by atoms with E-state index in [2.05, 4.69) is 26.1 Å². The summed E-state index contributed by atoms with van der Waals surface area (Å²) < 4.78 is 0. The van der Waals surface area contributed by atoms with Crippen molar-refractivity contribution in [3.8, 4) is 0 Å². The van der Waals surface area contributed by atoms with Crippen LogP contribution in [0.5, 0.6) is 0 Å². The van der Waals surface area contributed by atoms with Crippen molar-refractivity contribution < 1.29 is 0 Å². The van der Waals surface area contributed by atoms with Gasteiger partial charge in [0.25, 0.3) is 0 Å². The highest BCUT2D eigenvalue weighted by Crippen LogP contribution is 2.34. The summed E-state index contributed by atoms with van der Waals surface area (Å²) in [6.45, 7) is 8.09. The van der Waals surface area contributed by atoms with Gasteiger partial charge >= 0.3 is 0 Å². The Morgan fingerprint density at radius 2 is 2.00 bits per heavy atom. The van der Waals surface area contributed by atoms with Crippen LogP contribution in [0.1, 0.15) is 46.5 Å². The Balaban J connectivity index is 2.16. The molecule has 0 saturated heterocycles. The van der Waals surface area contributed by atoms with E-state index in [1.807, 2.05) is 0 Å². The van der Waals surface area contributed by atoms with E-state index < -0.39 is 0 Å². The van der Waals surface area contributed by atoms with Crippen LogP contribution in [0, 0.1) is 11.8 Å². The molecule has 0 aromatic carbocycles. The molecule has 0 spiro atoms. The molecule has 12 heavy (non-hydrogen) atoms. The van der Waals surface area contributed by atoms with E-state index in [4.69, 9.17) is 0 Å². The minimum absolute atomic E-state index is 0.775. The molecular weight excluding hydrogens is 146 g/mol. The van der Waals surface area contributed by atoms with E-state index in [0.717, 1.165) is 17.9 Å². The Morgan fingerprint density at radius 3 is 2.42 bits per heavy atom. The molecule has 1 saturated carbocycles.